The molecule has 2 atom stereocenters. The van der Waals surface area contributed by atoms with Crippen LogP contribution in [0.25, 0.3) is 0 Å². The predicted molar refractivity (Wildman–Crippen MR) is 75.2 cm³/mol. The molecule has 0 aliphatic carbocycles. The van der Waals surface area contributed by atoms with E-state index in [0.717, 1.165) is 38.9 Å². The van der Waals surface area contributed by atoms with Crippen molar-refractivity contribution in [3.05, 3.63) is 0 Å². The second-order valence-electron chi connectivity index (χ2n) is 5.35. The van der Waals surface area contributed by atoms with Gasteiger partial charge in [-0.2, -0.15) is 0 Å². The fourth-order valence-corrected chi connectivity index (χ4v) is 2.41. The quantitative estimate of drug-likeness (QED) is 0.702. The summed E-state index contributed by atoms with van der Waals surface area (Å²) in [7, 11) is 3.58. The molecule has 0 bridgehead atoms. The fraction of sp³-hybridized carbons (Fsp3) is 0.929. The van der Waals surface area contributed by atoms with Crippen molar-refractivity contribution in [2.45, 2.75) is 44.8 Å². The number of esters is 1. The molecular weight excluding hydrogens is 244 g/mol. The van der Waals surface area contributed by atoms with Crippen LogP contribution < -0.4 is 5.32 Å². The lowest BCUT2D eigenvalue weighted by Crippen LogP contribution is -2.51. The summed E-state index contributed by atoms with van der Waals surface area (Å²) < 4.78 is 10.6. The molecule has 5 nitrogen and oxygen atoms in total. The monoisotopic (exact) mass is 272 g/mol. The van der Waals surface area contributed by atoms with Gasteiger partial charge in [0, 0.05) is 20.2 Å². The van der Waals surface area contributed by atoms with Crippen LogP contribution in [0.5, 0.6) is 0 Å². The Balaban J connectivity index is 2.46. The van der Waals surface area contributed by atoms with Crippen molar-refractivity contribution in [3.63, 3.8) is 0 Å². The first-order valence-corrected chi connectivity index (χ1v) is 7.17. The van der Waals surface area contributed by atoms with Crippen LogP contribution in [0.15, 0.2) is 0 Å². The van der Waals surface area contributed by atoms with Crippen LogP contribution in [0.2, 0.25) is 0 Å². The van der Waals surface area contributed by atoms with Crippen LogP contribution in [0.4, 0.5) is 0 Å². The molecule has 0 radical (unpaired) electrons. The predicted octanol–water partition coefficient (Wildman–Crippen LogP) is 1.03. The SMILES string of the molecule is CCOC(=O)C(C)(CCN1CCCC(OC)C1)NC. The molecule has 0 amide bonds. The molecule has 1 saturated heterocycles. The topological polar surface area (TPSA) is 50.8 Å². The Labute approximate surface area is 116 Å². The van der Waals surface area contributed by atoms with Gasteiger partial charge in [-0.05, 0) is 46.7 Å². The van der Waals surface area contributed by atoms with Gasteiger partial charge in [0.1, 0.15) is 5.54 Å². The molecule has 0 saturated carbocycles. The van der Waals surface area contributed by atoms with Crippen LogP contribution in [-0.2, 0) is 14.3 Å². The molecule has 1 heterocycles. The molecule has 19 heavy (non-hydrogen) atoms. The number of piperidine rings is 1. The van der Waals surface area contributed by atoms with Crippen molar-refractivity contribution in [2.75, 3.05) is 40.4 Å². The molecule has 2 unspecified atom stereocenters. The maximum Gasteiger partial charge on any atom is 0.326 e. The minimum absolute atomic E-state index is 0.169. The molecule has 0 aromatic carbocycles. The Hall–Kier alpha value is -0.650. The molecule has 112 valence electrons. The van der Waals surface area contributed by atoms with E-state index in [2.05, 4.69) is 10.2 Å². The Morgan fingerprint density at radius 1 is 1.53 bits per heavy atom. The molecule has 1 N–H and O–H groups in total. The normalized spacial score (nSPS) is 23.9. The summed E-state index contributed by atoms with van der Waals surface area (Å²) in [4.78, 5) is 14.3. The summed E-state index contributed by atoms with van der Waals surface area (Å²) in [5, 5.41) is 3.10. The zero-order valence-corrected chi connectivity index (χ0v) is 12.7. The number of nitrogens with zero attached hydrogens (tertiary/aromatic N) is 1. The smallest absolute Gasteiger partial charge is 0.326 e. The number of hydrogen-bond donors (Lipinski definition) is 1. The summed E-state index contributed by atoms with van der Waals surface area (Å²) >= 11 is 0. The molecular formula is C14H28N2O3. The Morgan fingerprint density at radius 2 is 2.26 bits per heavy atom. The highest BCUT2D eigenvalue weighted by atomic mass is 16.5. The first-order valence-electron chi connectivity index (χ1n) is 7.17. The number of ether oxygens (including phenoxy) is 2. The van der Waals surface area contributed by atoms with Gasteiger partial charge >= 0.3 is 5.97 Å². The van der Waals surface area contributed by atoms with Crippen molar-refractivity contribution in [1.82, 2.24) is 10.2 Å². The van der Waals surface area contributed by atoms with E-state index in [-0.39, 0.29) is 5.97 Å². The Bertz CT molecular complexity index is 286. The molecule has 1 fully saturated rings. The third kappa shape index (κ3) is 4.75. The maximum absolute atomic E-state index is 12.0. The lowest BCUT2D eigenvalue weighted by Gasteiger charge is -2.34. The number of rotatable bonds is 7. The van der Waals surface area contributed by atoms with Gasteiger partial charge in [-0.25, -0.2) is 0 Å². The minimum atomic E-state index is -0.601. The first kappa shape index (κ1) is 16.4. The molecule has 0 aromatic heterocycles. The minimum Gasteiger partial charge on any atom is -0.465 e. The lowest BCUT2D eigenvalue weighted by molar-refractivity contribution is -0.150. The molecule has 1 aliphatic rings. The van der Waals surface area contributed by atoms with E-state index < -0.39 is 5.54 Å². The van der Waals surface area contributed by atoms with Gasteiger partial charge in [0.15, 0.2) is 0 Å². The summed E-state index contributed by atoms with van der Waals surface area (Å²) in [6.07, 6.45) is 3.37. The van der Waals surface area contributed by atoms with Gasteiger partial charge in [0.25, 0.3) is 0 Å². The number of nitrogens with one attached hydrogen (secondary N) is 1. The van der Waals surface area contributed by atoms with Gasteiger partial charge < -0.3 is 19.7 Å². The molecule has 5 heteroatoms. The van der Waals surface area contributed by atoms with Crippen LogP contribution in [0.1, 0.15) is 33.1 Å². The Kier molecular flexibility index (Phi) is 6.75. The number of hydrogen-bond acceptors (Lipinski definition) is 5. The highest BCUT2D eigenvalue weighted by molar-refractivity contribution is 5.80. The van der Waals surface area contributed by atoms with Gasteiger partial charge in [0.2, 0.25) is 0 Å². The summed E-state index contributed by atoms with van der Waals surface area (Å²) in [6.45, 7) is 7.09. The van der Waals surface area contributed by atoms with E-state index in [1.807, 2.05) is 20.9 Å². The number of likely N-dealkylation sites (N-methyl/N-ethyl adjacent to an activating group) is 1. The molecule has 1 aliphatic heterocycles. The third-order valence-corrected chi connectivity index (χ3v) is 4.00. The largest absolute Gasteiger partial charge is 0.465 e. The third-order valence-electron chi connectivity index (χ3n) is 4.00. The molecule has 1 rings (SSSR count). The zero-order valence-electron chi connectivity index (χ0n) is 12.7. The van der Waals surface area contributed by atoms with E-state index in [0.29, 0.717) is 12.7 Å². The summed E-state index contributed by atoms with van der Waals surface area (Å²) in [5.74, 6) is -0.169. The fourth-order valence-electron chi connectivity index (χ4n) is 2.41. The van der Waals surface area contributed by atoms with Crippen molar-refractivity contribution >= 4 is 5.97 Å². The van der Waals surface area contributed by atoms with Gasteiger partial charge in [0.05, 0.1) is 12.7 Å². The maximum atomic E-state index is 12.0. The van der Waals surface area contributed by atoms with Gasteiger partial charge in [-0.15, -0.1) is 0 Å². The Morgan fingerprint density at radius 3 is 2.84 bits per heavy atom. The van der Waals surface area contributed by atoms with Gasteiger partial charge in [-0.1, -0.05) is 0 Å². The van der Waals surface area contributed by atoms with Crippen LogP contribution >= 0.6 is 0 Å². The molecule has 0 spiro atoms. The second kappa shape index (κ2) is 7.82. The first-order chi connectivity index (χ1) is 9.05. The van der Waals surface area contributed by atoms with Crippen molar-refractivity contribution in [1.29, 1.82) is 0 Å². The average molecular weight is 272 g/mol. The van der Waals surface area contributed by atoms with E-state index in [9.17, 15) is 4.79 Å². The second-order valence-corrected chi connectivity index (χ2v) is 5.35. The number of likely N-dealkylation sites (tertiary alicyclic amines) is 1. The number of methoxy groups -OCH3 is 1. The van der Waals surface area contributed by atoms with E-state index in [1.165, 1.54) is 0 Å². The number of carbonyl (C=O) groups excluding carboxylic acids is 1. The van der Waals surface area contributed by atoms with Crippen molar-refractivity contribution in [3.8, 4) is 0 Å². The van der Waals surface area contributed by atoms with Crippen molar-refractivity contribution < 1.29 is 14.3 Å². The highest BCUT2D eigenvalue weighted by Crippen LogP contribution is 2.17. The van der Waals surface area contributed by atoms with E-state index >= 15 is 0 Å². The average Bonchev–Trinajstić information content (AvgIpc) is 2.45. The standard InChI is InChI=1S/C14H28N2O3/c1-5-19-13(17)14(2,15-3)8-10-16-9-6-7-12(11-16)18-4/h12,15H,5-11H2,1-4H3. The molecule has 0 aromatic rings. The van der Waals surface area contributed by atoms with E-state index in [4.69, 9.17) is 9.47 Å². The summed E-state index contributed by atoms with van der Waals surface area (Å²) in [6, 6.07) is 0. The zero-order chi connectivity index (χ0) is 14.3. The van der Waals surface area contributed by atoms with Crippen LogP contribution in [0, 0.1) is 0 Å². The summed E-state index contributed by atoms with van der Waals surface area (Å²) in [5.41, 5.74) is -0.601. The van der Waals surface area contributed by atoms with E-state index in [1.54, 1.807) is 7.11 Å². The highest BCUT2D eigenvalue weighted by Gasteiger charge is 2.33. The van der Waals surface area contributed by atoms with Crippen LogP contribution in [0.3, 0.4) is 0 Å². The van der Waals surface area contributed by atoms with Crippen LogP contribution in [-0.4, -0.2) is 62.9 Å². The lowest BCUT2D eigenvalue weighted by atomic mass is 9.97. The van der Waals surface area contributed by atoms with Gasteiger partial charge in [-0.3, -0.25) is 4.79 Å². The van der Waals surface area contributed by atoms with Crippen molar-refractivity contribution in [2.24, 2.45) is 0 Å². The number of carbonyl (C=O) groups is 1.